The van der Waals surface area contributed by atoms with Gasteiger partial charge in [0, 0.05) is 10.8 Å². The molecule has 0 amide bonds. The van der Waals surface area contributed by atoms with Gasteiger partial charge in [-0.05, 0) is 68.8 Å². The molecule has 4 heteroatoms. The van der Waals surface area contributed by atoms with Crippen molar-refractivity contribution in [2.45, 2.75) is 62.5 Å². The highest BCUT2D eigenvalue weighted by atomic mass is 32.2. The largest absolute Gasteiger partial charge is 0.278 e. The summed E-state index contributed by atoms with van der Waals surface area (Å²) in [4.78, 5) is 0. The Hall–Kier alpha value is -2.95. The van der Waals surface area contributed by atoms with Crippen LogP contribution in [0.3, 0.4) is 0 Å². The van der Waals surface area contributed by atoms with Crippen molar-refractivity contribution in [3.8, 4) is 0 Å². The minimum Gasteiger partial charge on any atom is -0.265 e. The van der Waals surface area contributed by atoms with Gasteiger partial charge in [-0.3, -0.25) is 4.18 Å². The topological polar surface area (TPSA) is 43.4 Å². The molecule has 0 aliphatic heterocycles. The van der Waals surface area contributed by atoms with E-state index in [1.807, 2.05) is 42.5 Å². The zero-order valence-corrected chi connectivity index (χ0v) is 25.4. The second-order valence-corrected chi connectivity index (χ2v) is 12.3. The molecule has 0 bridgehead atoms. The molecule has 0 spiro atoms. The Bertz CT molecular complexity index is 1120. The van der Waals surface area contributed by atoms with Crippen LogP contribution in [-0.2, 0) is 14.3 Å². The van der Waals surface area contributed by atoms with Crippen LogP contribution >= 0.6 is 0 Å². The number of hydrogen-bond acceptors (Lipinski definition) is 3. The van der Waals surface area contributed by atoms with Gasteiger partial charge in [0.1, 0.15) is 4.75 Å². The molecule has 1 aliphatic rings. The van der Waals surface area contributed by atoms with Crippen molar-refractivity contribution in [3.05, 3.63) is 138 Å². The number of allylic oxidation sites excluding steroid dienone is 10. The molecule has 0 aromatic rings. The molecule has 0 N–H and O–H groups in total. The average molecular weight is 563 g/mol. The quantitative estimate of drug-likeness (QED) is 0.0974. The molecule has 40 heavy (non-hydrogen) atoms. The predicted octanol–water partition coefficient (Wildman–Crippen LogP) is 9.71. The van der Waals surface area contributed by atoms with Crippen molar-refractivity contribution in [1.29, 1.82) is 0 Å². The highest BCUT2D eigenvalue weighted by molar-refractivity contribution is 7.88. The predicted molar refractivity (Wildman–Crippen MR) is 175 cm³/mol. The first-order valence-electron chi connectivity index (χ1n) is 13.8. The molecule has 1 unspecified atom stereocenters. The Morgan fingerprint density at radius 1 is 0.500 bits per heavy atom. The van der Waals surface area contributed by atoms with Gasteiger partial charge in [-0.2, -0.15) is 8.42 Å². The molecule has 3 nitrogen and oxygen atoms in total. The van der Waals surface area contributed by atoms with Crippen molar-refractivity contribution in [2.24, 2.45) is 16.2 Å². The fourth-order valence-electron chi connectivity index (χ4n) is 7.97. The average Bonchev–Trinajstić information content (AvgIpc) is 2.91. The van der Waals surface area contributed by atoms with Crippen LogP contribution in [0.1, 0.15) is 57.8 Å². The van der Waals surface area contributed by atoms with E-state index >= 15 is 0 Å². The summed E-state index contributed by atoms with van der Waals surface area (Å²) in [6, 6.07) is 0. The van der Waals surface area contributed by atoms with Crippen molar-refractivity contribution in [1.82, 2.24) is 0 Å². The SMILES string of the molecule is C=CCOS(=O)(=O)C1(CC=C)C(CC=C)=C(CC=C)C(CC=C)(CC=C)C(CC=C)(CC=C)C1(CC=C)CC=C. The van der Waals surface area contributed by atoms with Crippen molar-refractivity contribution in [2.75, 3.05) is 6.61 Å². The zero-order valence-electron chi connectivity index (χ0n) is 24.5. The van der Waals surface area contributed by atoms with Crippen molar-refractivity contribution < 1.29 is 12.6 Å². The Labute approximate surface area is 245 Å². The standard InChI is InChI=1S/C36H50O3S/c1-11-21-31-32(22-12-2)36(29-19-9,40(37,38)39-30-20-10)35(27-17-7,28-18-8)34(25-15-5,26-16-6)33(31,23-13-3)24-14-4/h11-20H,1-10,21-30H2. The van der Waals surface area contributed by atoms with Crippen LogP contribution in [0, 0.1) is 16.2 Å². The highest BCUT2D eigenvalue weighted by Gasteiger charge is 2.75. The minimum atomic E-state index is -4.33. The summed E-state index contributed by atoms with van der Waals surface area (Å²) in [5.41, 5.74) is -0.611. The summed E-state index contributed by atoms with van der Waals surface area (Å²) in [6.45, 7) is 40.8. The summed E-state index contributed by atoms with van der Waals surface area (Å²) < 4.78 is 34.1. The molecule has 218 valence electrons. The van der Waals surface area contributed by atoms with E-state index < -0.39 is 31.1 Å². The molecule has 0 aromatic heterocycles. The number of rotatable bonds is 22. The van der Waals surface area contributed by atoms with E-state index in [0.29, 0.717) is 51.4 Å². The first-order chi connectivity index (χ1) is 19.1. The van der Waals surface area contributed by atoms with Crippen LogP contribution in [-0.4, -0.2) is 19.8 Å². The third kappa shape index (κ3) is 5.24. The van der Waals surface area contributed by atoms with E-state index in [1.165, 1.54) is 6.08 Å². The van der Waals surface area contributed by atoms with E-state index in [4.69, 9.17) is 4.18 Å². The van der Waals surface area contributed by atoms with Gasteiger partial charge in [0.2, 0.25) is 0 Å². The van der Waals surface area contributed by atoms with E-state index in [-0.39, 0.29) is 13.0 Å². The van der Waals surface area contributed by atoms with Crippen molar-refractivity contribution >= 4 is 10.1 Å². The van der Waals surface area contributed by atoms with Crippen LogP contribution in [0.2, 0.25) is 0 Å². The van der Waals surface area contributed by atoms with Crippen LogP contribution < -0.4 is 0 Å². The maximum atomic E-state index is 14.9. The lowest BCUT2D eigenvalue weighted by Crippen LogP contribution is -2.70. The second-order valence-electron chi connectivity index (χ2n) is 10.5. The fraction of sp³-hybridized carbons (Fsp3) is 0.389. The normalized spacial score (nSPS) is 20.9. The van der Waals surface area contributed by atoms with Crippen LogP contribution in [0.15, 0.2) is 138 Å². The Morgan fingerprint density at radius 3 is 1.27 bits per heavy atom. The first-order valence-corrected chi connectivity index (χ1v) is 15.2. The van der Waals surface area contributed by atoms with Crippen LogP contribution in [0.5, 0.6) is 0 Å². The lowest BCUT2D eigenvalue weighted by Gasteiger charge is -2.70. The van der Waals surface area contributed by atoms with Crippen molar-refractivity contribution in [3.63, 3.8) is 0 Å². The Morgan fingerprint density at radius 2 is 0.900 bits per heavy atom. The van der Waals surface area contributed by atoms with E-state index in [2.05, 4.69) is 65.8 Å². The lowest BCUT2D eigenvalue weighted by atomic mass is 9.35. The van der Waals surface area contributed by atoms with Gasteiger partial charge in [-0.15, -0.1) is 65.8 Å². The van der Waals surface area contributed by atoms with Gasteiger partial charge in [0.05, 0.1) is 6.61 Å². The molecule has 0 radical (unpaired) electrons. The smallest absolute Gasteiger partial charge is 0.265 e. The summed E-state index contributed by atoms with van der Waals surface area (Å²) >= 11 is 0. The molecular weight excluding hydrogens is 512 g/mol. The molecule has 0 aromatic carbocycles. The van der Waals surface area contributed by atoms with Gasteiger partial charge in [0.25, 0.3) is 10.1 Å². The third-order valence-corrected chi connectivity index (χ3v) is 11.0. The zero-order chi connectivity index (χ0) is 30.5. The Kier molecular flexibility index (Phi) is 13.3. The van der Waals surface area contributed by atoms with E-state index in [1.54, 1.807) is 12.2 Å². The second kappa shape index (κ2) is 15.2. The first kappa shape index (κ1) is 35.1. The van der Waals surface area contributed by atoms with Gasteiger partial charge >= 0.3 is 0 Å². The summed E-state index contributed by atoms with van der Waals surface area (Å²) in [5.74, 6) is 0. The van der Waals surface area contributed by atoms with Gasteiger partial charge in [0.15, 0.2) is 0 Å². The molecule has 1 aliphatic carbocycles. The van der Waals surface area contributed by atoms with E-state index in [9.17, 15) is 8.42 Å². The summed E-state index contributed by atoms with van der Waals surface area (Å²) in [7, 11) is -4.33. The van der Waals surface area contributed by atoms with Crippen LogP contribution in [0.25, 0.3) is 0 Å². The van der Waals surface area contributed by atoms with Crippen LogP contribution in [0.4, 0.5) is 0 Å². The maximum absolute atomic E-state index is 14.9. The van der Waals surface area contributed by atoms with E-state index in [0.717, 1.165) is 11.1 Å². The van der Waals surface area contributed by atoms with Gasteiger partial charge < -0.3 is 0 Å². The van der Waals surface area contributed by atoms with Gasteiger partial charge in [-0.1, -0.05) is 66.3 Å². The monoisotopic (exact) mass is 562 g/mol. The molecule has 0 heterocycles. The maximum Gasteiger partial charge on any atom is 0.278 e. The molecule has 1 atom stereocenters. The minimum absolute atomic E-state index is 0.117. The van der Waals surface area contributed by atoms with Gasteiger partial charge in [-0.25, -0.2) is 0 Å². The number of hydrogen-bond donors (Lipinski definition) is 0. The summed E-state index contributed by atoms with van der Waals surface area (Å²) in [6.07, 6.45) is 21.8. The highest BCUT2D eigenvalue weighted by Crippen LogP contribution is 2.76. The molecule has 1 rings (SSSR count). The fourth-order valence-corrected chi connectivity index (χ4v) is 10.1. The molecular formula is C36H50O3S. The summed E-state index contributed by atoms with van der Waals surface area (Å²) in [5, 5.41) is 0. The molecule has 0 saturated carbocycles. The molecule has 0 fully saturated rings. The molecule has 0 saturated heterocycles. The Balaban J connectivity index is 5.08. The third-order valence-electron chi connectivity index (χ3n) is 8.89. The lowest BCUT2D eigenvalue weighted by molar-refractivity contribution is -0.102.